The lowest BCUT2D eigenvalue weighted by Crippen LogP contribution is -2.64. The van der Waals surface area contributed by atoms with E-state index in [-0.39, 0.29) is 29.9 Å². The van der Waals surface area contributed by atoms with Crippen LogP contribution in [0.25, 0.3) is 5.69 Å². The van der Waals surface area contributed by atoms with Crippen molar-refractivity contribution in [2.75, 3.05) is 11.9 Å². The molecule has 3 aliphatic rings. The zero-order valence-corrected chi connectivity index (χ0v) is 18.8. The molecule has 1 aromatic carbocycles. The standard InChI is InChI=1S/C22H21ClF3N7O/c1-12-13-6-16(7-13)32(19(12)11-29-21-27-9-14(10-28-21)22(24,25)26)20(34)17-8-15(23)2-3-18(17)33-30-4-5-31-33/h2-5,8-10,12-13,16,19H,6-7,11H2,1H3,(H,27,28,29)/t12-,13?,16?,19?/m1/s1. The molecule has 2 aromatic heterocycles. The first-order valence-electron chi connectivity index (χ1n) is 10.8. The summed E-state index contributed by atoms with van der Waals surface area (Å²) in [6.45, 7) is 2.40. The SMILES string of the molecule is C[C@@H]1C2CC(C2)N(C(=O)c2cc(Cl)ccc2-n2nccn2)C1CNc1ncc(C(F)(F)F)cn1. The number of carbonyl (C=O) groups is 1. The van der Waals surface area contributed by atoms with E-state index in [1.807, 2.05) is 4.90 Å². The summed E-state index contributed by atoms with van der Waals surface area (Å²) in [6, 6.07) is 4.87. The number of piperidine rings is 2. The molecular weight excluding hydrogens is 471 g/mol. The molecule has 2 atom stereocenters. The second-order valence-electron chi connectivity index (χ2n) is 8.68. The molecule has 3 fully saturated rings. The van der Waals surface area contributed by atoms with Crippen molar-refractivity contribution in [1.29, 1.82) is 0 Å². The molecule has 4 heterocycles. The van der Waals surface area contributed by atoms with Crippen LogP contribution in [0.2, 0.25) is 5.02 Å². The fourth-order valence-corrected chi connectivity index (χ4v) is 4.99. The van der Waals surface area contributed by atoms with Crippen molar-refractivity contribution < 1.29 is 18.0 Å². The summed E-state index contributed by atoms with van der Waals surface area (Å²) in [7, 11) is 0. The molecule has 8 nitrogen and oxygen atoms in total. The summed E-state index contributed by atoms with van der Waals surface area (Å²) in [6.07, 6.45) is 1.87. The number of hydrogen-bond donors (Lipinski definition) is 1. The van der Waals surface area contributed by atoms with Gasteiger partial charge >= 0.3 is 6.18 Å². The van der Waals surface area contributed by atoms with E-state index in [1.165, 1.54) is 17.2 Å². The normalized spacial score (nSPS) is 24.0. The van der Waals surface area contributed by atoms with E-state index < -0.39 is 11.7 Å². The van der Waals surface area contributed by atoms with Crippen molar-refractivity contribution in [3.63, 3.8) is 0 Å². The molecule has 1 amide bonds. The Morgan fingerprint density at radius 1 is 1.18 bits per heavy atom. The van der Waals surface area contributed by atoms with Gasteiger partial charge in [-0.2, -0.15) is 28.2 Å². The van der Waals surface area contributed by atoms with Crippen LogP contribution in [0.1, 0.15) is 35.7 Å². The number of benzene rings is 1. The third-order valence-electron chi connectivity index (χ3n) is 6.76. The van der Waals surface area contributed by atoms with Crippen LogP contribution in [0, 0.1) is 11.8 Å². The molecule has 34 heavy (non-hydrogen) atoms. The maximum Gasteiger partial charge on any atom is 0.419 e. The monoisotopic (exact) mass is 491 g/mol. The lowest BCUT2D eigenvalue weighted by Gasteiger charge is -2.57. The van der Waals surface area contributed by atoms with Crippen molar-refractivity contribution in [3.05, 3.63) is 59.1 Å². The van der Waals surface area contributed by atoms with Gasteiger partial charge in [0.2, 0.25) is 5.95 Å². The average molecular weight is 492 g/mol. The molecule has 2 aliphatic heterocycles. The van der Waals surface area contributed by atoms with Crippen LogP contribution in [0.4, 0.5) is 19.1 Å². The van der Waals surface area contributed by atoms with Crippen LogP contribution in [0.5, 0.6) is 0 Å². The summed E-state index contributed by atoms with van der Waals surface area (Å²) >= 11 is 6.23. The zero-order valence-electron chi connectivity index (χ0n) is 18.1. The highest BCUT2D eigenvalue weighted by Crippen LogP contribution is 2.47. The maximum absolute atomic E-state index is 13.8. The molecule has 2 saturated heterocycles. The van der Waals surface area contributed by atoms with Gasteiger partial charge in [0.15, 0.2) is 0 Å². The Kier molecular flexibility index (Phi) is 5.67. The van der Waals surface area contributed by atoms with E-state index in [9.17, 15) is 18.0 Å². The number of nitrogens with zero attached hydrogens (tertiary/aromatic N) is 6. The van der Waals surface area contributed by atoms with Crippen LogP contribution in [-0.2, 0) is 6.18 Å². The highest BCUT2D eigenvalue weighted by molar-refractivity contribution is 6.31. The lowest BCUT2D eigenvalue weighted by atomic mass is 9.64. The van der Waals surface area contributed by atoms with Crippen molar-refractivity contribution >= 4 is 23.5 Å². The van der Waals surface area contributed by atoms with Crippen molar-refractivity contribution in [2.24, 2.45) is 11.8 Å². The van der Waals surface area contributed by atoms with Crippen LogP contribution < -0.4 is 5.32 Å². The first-order valence-corrected chi connectivity index (χ1v) is 11.2. The summed E-state index contributed by atoms with van der Waals surface area (Å²) in [5, 5.41) is 11.7. The molecule has 1 N–H and O–H groups in total. The Hall–Kier alpha value is -3.21. The number of hydrogen-bond acceptors (Lipinski definition) is 6. The van der Waals surface area contributed by atoms with Gasteiger partial charge in [-0.05, 0) is 42.9 Å². The van der Waals surface area contributed by atoms with Gasteiger partial charge < -0.3 is 10.2 Å². The van der Waals surface area contributed by atoms with Gasteiger partial charge in [0.05, 0.1) is 35.2 Å². The Labute approximate surface area is 198 Å². The van der Waals surface area contributed by atoms with E-state index in [2.05, 4.69) is 32.4 Å². The minimum absolute atomic E-state index is 0.0754. The Morgan fingerprint density at radius 2 is 1.85 bits per heavy atom. The molecule has 3 aromatic rings. The maximum atomic E-state index is 13.8. The lowest BCUT2D eigenvalue weighted by molar-refractivity contribution is -0.138. The first-order chi connectivity index (χ1) is 16.2. The smallest absolute Gasteiger partial charge is 0.352 e. The highest BCUT2D eigenvalue weighted by Gasteiger charge is 2.50. The number of aromatic nitrogens is 5. The van der Waals surface area contributed by atoms with Gasteiger partial charge in [-0.3, -0.25) is 4.79 Å². The van der Waals surface area contributed by atoms with Crippen LogP contribution in [0.3, 0.4) is 0 Å². The first kappa shape index (κ1) is 22.6. The predicted octanol–water partition coefficient (Wildman–Crippen LogP) is 4.08. The number of nitrogens with one attached hydrogen (secondary N) is 1. The van der Waals surface area contributed by atoms with Crippen molar-refractivity contribution in [2.45, 2.75) is 38.0 Å². The van der Waals surface area contributed by atoms with Gasteiger partial charge in [0, 0.05) is 30.0 Å². The minimum Gasteiger partial charge on any atom is -0.352 e. The number of anilines is 1. The highest BCUT2D eigenvalue weighted by atomic mass is 35.5. The predicted molar refractivity (Wildman–Crippen MR) is 118 cm³/mol. The van der Waals surface area contributed by atoms with Crippen LogP contribution in [0.15, 0.2) is 43.0 Å². The molecule has 0 spiro atoms. The summed E-state index contributed by atoms with van der Waals surface area (Å²) < 4.78 is 38.4. The van der Waals surface area contributed by atoms with Gasteiger partial charge in [-0.15, -0.1) is 0 Å². The van der Waals surface area contributed by atoms with Gasteiger partial charge in [-0.1, -0.05) is 18.5 Å². The second-order valence-corrected chi connectivity index (χ2v) is 9.11. The summed E-state index contributed by atoms with van der Waals surface area (Å²) in [4.78, 5) is 24.7. The third-order valence-corrected chi connectivity index (χ3v) is 6.99. The molecule has 12 heteroatoms. The summed E-state index contributed by atoms with van der Waals surface area (Å²) in [5.74, 6) is 0.559. The van der Waals surface area contributed by atoms with Crippen LogP contribution in [-0.4, -0.2) is 54.4 Å². The second kappa shape index (κ2) is 8.53. The Balaban J connectivity index is 1.40. The molecular formula is C22H21ClF3N7O. The fourth-order valence-electron chi connectivity index (χ4n) is 4.82. The van der Waals surface area contributed by atoms with Crippen molar-refractivity contribution in [3.8, 4) is 5.69 Å². The molecule has 1 aliphatic carbocycles. The van der Waals surface area contributed by atoms with E-state index >= 15 is 0 Å². The largest absolute Gasteiger partial charge is 0.419 e. The number of carbonyl (C=O) groups excluding carboxylic acids is 1. The Bertz CT molecular complexity index is 1180. The number of alkyl halides is 3. The number of amides is 1. The minimum atomic E-state index is -4.50. The molecule has 2 bridgehead atoms. The average Bonchev–Trinajstić information content (AvgIpc) is 3.31. The molecule has 1 unspecified atom stereocenters. The molecule has 6 rings (SSSR count). The van der Waals surface area contributed by atoms with E-state index in [0.717, 1.165) is 25.2 Å². The number of rotatable bonds is 5. The number of fused-ring (bicyclic) bond motifs is 2. The fraction of sp³-hybridized carbons (Fsp3) is 0.409. The zero-order chi connectivity index (χ0) is 24.0. The van der Waals surface area contributed by atoms with Gasteiger partial charge in [-0.25, -0.2) is 9.97 Å². The van der Waals surface area contributed by atoms with Crippen molar-refractivity contribution in [1.82, 2.24) is 29.9 Å². The number of halogens is 4. The molecule has 0 radical (unpaired) electrons. The summed E-state index contributed by atoms with van der Waals surface area (Å²) in [5.41, 5.74) is -0.00818. The van der Waals surface area contributed by atoms with Gasteiger partial charge in [0.1, 0.15) is 0 Å². The van der Waals surface area contributed by atoms with Crippen LogP contribution >= 0.6 is 11.6 Å². The topological polar surface area (TPSA) is 88.8 Å². The third kappa shape index (κ3) is 4.08. The van der Waals surface area contributed by atoms with E-state index in [1.54, 1.807) is 18.2 Å². The van der Waals surface area contributed by atoms with E-state index in [4.69, 9.17) is 11.6 Å². The van der Waals surface area contributed by atoms with E-state index in [0.29, 0.717) is 28.7 Å². The Morgan fingerprint density at radius 3 is 2.50 bits per heavy atom. The van der Waals surface area contributed by atoms with Gasteiger partial charge in [0.25, 0.3) is 5.91 Å². The quantitative estimate of drug-likeness (QED) is 0.578. The molecule has 178 valence electrons. The molecule has 1 saturated carbocycles.